The zero-order valence-corrected chi connectivity index (χ0v) is 8.62. The maximum absolute atomic E-state index is 5.42. The largest absolute Gasteiger partial charge is 0.481 e. The van der Waals surface area contributed by atoms with Gasteiger partial charge in [-0.3, -0.25) is 0 Å². The molecule has 0 aliphatic carbocycles. The molecular formula is C10H16N2O2. The van der Waals surface area contributed by atoms with Crippen molar-refractivity contribution in [2.45, 2.75) is 6.61 Å². The lowest BCUT2D eigenvalue weighted by Gasteiger charge is -2.07. The van der Waals surface area contributed by atoms with Crippen LogP contribution in [0.2, 0.25) is 0 Å². The lowest BCUT2D eigenvalue weighted by molar-refractivity contribution is 0.121. The molecular weight excluding hydrogens is 180 g/mol. The number of nitrogens with one attached hydrogen (secondary N) is 1. The topological polar surface area (TPSA) is 43.4 Å². The quantitative estimate of drug-likeness (QED) is 0.684. The molecule has 1 aromatic rings. The summed E-state index contributed by atoms with van der Waals surface area (Å²) in [5.41, 5.74) is 0.978. The van der Waals surface area contributed by atoms with Gasteiger partial charge in [0.15, 0.2) is 0 Å². The highest BCUT2D eigenvalue weighted by molar-refractivity contribution is 5.24. The summed E-state index contributed by atoms with van der Waals surface area (Å²) in [6.07, 6.45) is 1.70. The SMILES string of the molecule is CNCCOCc1cccnc1OC. The first-order valence-electron chi connectivity index (χ1n) is 4.58. The van der Waals surface area contributed by atoms with Crippen molar-refractivity contribution in [3.8, 4) is 5.88 Å². The summed E-state index contributed by atoms with van der Waals surface area (Å²) in [4.78, 5) is 4.08. The number of nitrogens with zero attached hydrogens (tertiary/aromatic N) is 1. The van der Waals surface area contributed by atoms with Crippen molar-refractivity contribution < 1.29 is 9.47 Å². The average molecular weight is 196 g/mol. The number of ether oxygens (including phenoxy) is 2. The highest BCUT2D eigenvalue weighted by Crippen LogP contribution is 2.13. The molecule has 1 rings (SSSR count). The van der Waals surface area contributed by atoms with Gasteiger partial charge in [0.2, 0.25) is 5.88 Å². The van der Waals surface area contributed by atoms with E-state index in [9.17, 15) is 0 Å². The summed E-state index contributed by atoms with van der Waals surface area (Å²) in [6.45, 7) is 2.08. The van der Waals surface area contributed by atoms with Crippen molar-refractivity contribution in [3.05, 3.63) is 23.9 Å². The van der Waals surface area contributed by atoms with Crippen LogP contribution >= 0.6 is 0 Å². The summed E-state index contributed by atoms with van der Waals surface area (Å²) in [6, 6.07) is 3.82. The van der Waals surface area contributed by atoms with Crippen LogP contribution in [0.15, 0.2) is 18.3 Å². The van der Waals surface area contributed by atoms with E-state index in [0.717, 1.165) is 12.1 Å². The van der Waals surface area contributed by atoms with Crippen molar-refractivity contribution in [2.24, 2.45) is 0 Å². The lowest BCUT2D eigenvalue weighted by Crippen LogP contribution is -2.14. The number of hydrogen-bond acceptors (Lipinski definition) is 4. The van der Waals surface area contributed by atoms with Crippen LogP contribution in [0.5, 0.6) is 5.88 Å². The highest BCUT2D eigenvalue weighted by atomic mass is 16.5. The van der Waals surface area contributed by atoms with Crippen LogP contribution in [0.1, 0.15) is 5.56 Å². The van der Waals surface area contributed by atoms with Gasteiger partial charge < -0.3 is 14.8 Å². The molecule has 0 saturated heterocycles. The standard InChI is InChI=1S/C10H16N2O2/c1-11-6-7-14-8-9-4-3-5-12-10(9)13-2/h3-5,11H,6-8H2,1-2H3. The zero-order chi connectivity index (χ0) is 10.2. The maximum Gasteiger partial charge on any atom is 0.218 e. The van der Waals surface area contributed by atoms with E-state index in [1.54, 1.807) is 13.3 Å². The second kappa shape index (κ2) is 6.34. The molecule has 0 saturated carbocycles. The van der Waals surface area contributed by atoms with Crippen LogP contribution in [0.3, 0.4) is 0 Å². The minimum atomic E-state index is 0.540. The van der Waals surface area contributed by atoms with Gasteiger partial charge in [-0.1, -0.05) is 0 Å². The van der Waals surface area contributed by atoms with E-state index in [1.807, 2.05) is 19.2 Å². The third kappa shape index (κ3) is 3.32. The average Bonchev–Trinajstić information content (AvgIpc) is 2.25. The zero-order valence-electron chi connectivity index (χ0n) is 8.62. The molecule has 1 aromatic heterocycles. The van der Waals surface area contributed by atoms with Gasteiger partial charge in [-0.25, -0.2) is 4.98 Å². The number of likely N-dealkylation sites (N-methyl/N-ethyl adjacent to an activating group) is 1. The Morgan fingerprint density at radius 1 is 1.50 bits per heavy atom. The van der Waals surface area contributed by atoms with Crippen LogP contribution in [0.4, 0.5) is 0 Å². The molecule has 1 N–H and O–H groups in total. The number of pyridine rings is 1. The third-order valence-corrected chi connectivity index (χ3v) is 1.80. The predicted octanol–water partition coefficient (Wildman–Crippen LogP) is 0.826. The van der Waals surface area contributed by atoms with Gasteiger partial charge in [-0.05, 0) is 19.2 Å². The Balaban J connectivity index is 2.41. The molecule has 0 spiro atoms. The summed E-state index contributed by atoms with van der Waals surface area (Å²) in [5, 5.41) is 3.01. The molecule has 0 unspecified atom stereocenters. The van der Waals surface area contributed by atoms with Gasteiger partial charge in [0.1, 0.15) is 0 Å². The normalized spacial score (nSPS) is 10.1. The second-order valence-corrected chi connectivity index (χ2v) is 2.83. The number of aromatic nitrogens is 1. The molecule has 4 heteroatoms. The van der Waals surface area contributed by atoms with E-state index in [2.05, 4.69) is 10.3 Å². The first kappa shape index (κ1) is 10.9. The van der Waals surface area contributed by atoms with E-state index in [1.165, 1.54) is 0 Å². The van der Waals surface area contributed by atoms with Crippen molar-refractivity contribution >= 4 is 0 Å². The van der Waals surface area contributed by atoms with Crippen molar-refractivity contribution in [3.63, 3.8) is 0 Å². The Labute approximate surface area is 84.3 Å². The first-order chi connectivity index (χ1) is 6.88. The van der Waals surface area contributed by atoms with Crippen molar-refractivity contribution in [2.75, 3.05) is 27.3 Å². The summed E-state index contributed by atoms with van der Waals surface area (Å²) in [7, 11) is 3.51. The summed E-state index contributed by atoms with van der Waals surface area (Å²) >= 11 is 0. The molecule has 0 amide bonds. The summed E-state index contributed by atoms with van der Waals surface area (Å²) in [5.74, 6) is 0.636. The minimum Gasteiger partial charge on any atom is -0.481 e. The van der Waals surface area contributed by atoms with E-state index in [0.29, 0.717) is 19.1 Å². The fraction of sp³-hybridized carbons (Fsp3) is 0.500. The molecule has 0 fully saturated rings. The number of hydrogen-bond donors (Lipinski definition) is 1. The fourth-order valence-electron chi connectivity index (χ4n) is 1.07. The van der Waals surface area contributed by atoms with Gasteiger partial charge >= 0.3 is 0 Å². The van der Waals surface area contributed by atoms with E-state index in [4.69, 9.17) is 9.47 Å². The van der Waals surface area contributed by atoms with Crippen molar-refractivity contribution in [1.29, 1.82) is 0 Å². The Kier molecular flexibility index (Phi) is 4.96. The van der Waals surface area contributed by atoms with Gasteiger partial charge in [-0.2, -0.15) is 0 Å². The summed E-state index contributed by atoms with van der Waals surface area (Å²) < 4.78 is 10.5. The Morgan fingerprint density at radius 3 is 3.07 bits per heavy atom. The molecule has 0 bridgehead atoms. The van der Waals surface area contributed by atoms with Gasteiger partial charge in [0.05, 0.1) is 20.3 Å². The molecule has 0 aliphatic heterocycles. The third-order valence-electron chi connectivity index (χ3n) is 1.80. The van der Waals surface area contributed by atoms with Gasteiger partial charge in [0, 0.05) is 18.3 Å². The molecule has 0 atom stereocenters. The maximum atomic E-state index is 5.42. The van der Waals surface area contributed by atoms with Crippen LogP contribution < -0.4 is 10.1 Å². The van der Waals surface area contributed by atoms with Gasteiger partial charge in [0.25, 0.3) is 0 Å². The second-order valence-electron chi connectivity index (χ2n) is 2.83. The molecule has 1 heterocycles. The van der Waals surface area contributed by atoms with Crippen LogP contribution in [0, 0.1) is 0 Å². The van der Waals surface area contributed by atoms with Crippen LogP contribution in [0.25, 0.3) is 0 Å². The smallest absolute Gasteiger partial charge is 0.218 e. The molecule has 0 aromatic carbocycles. The van der Waals surface area contributed by atoms with Crippen molar-refractivity contribution in [1.82, 2.24) is 10.3 Å². The monoisotopic (exact) mass is 196 g/mol. The minimum absolute atomic E-state index is 0.540. The van der Waals surface area contributed by atoms with E-state index >= 15 is 0 Å². The molecule has 0 radical (unpaired) electrons. The number of rotatable bonds is 6. The molecule has 4 nitrogen and oxygen atoms in total. The van der Waals surface area contributed by atoms with E-state index < -0.39 is 0 Å². The molecule has 14 heavy (non-hydrogen) atoms. The Hall–Kier alpha value is -1.13. The molecule has 0 aliphatic rings. The Bertz CT molecular complexity index is 266. The van der Waals surface area contributed by atoms with Crippen LogP contribution in [-0.2, 0) is 11.3 Å². The highest BCUT2D eigenvalue weighted by Gasteiger charge is 2.01. The lowest BCUT2D eigenvalue weighted by atomic mass is 10.3. The Morgan fingerprint density at radius 2 is 2.36 bits per heavy atom. The fourth-order valence-corrected chi connectivity index (χ4v) is 1.07. The van der Waals surface area contributed by atoms with E-state index in [-0.39, 0.29) is 0 Å². The first-order valence-corrected chi connectivity index (χ1v) is 4.58. The number of methoxy groups -OCH3 is 1. The molecule has 78 valence electrons. The van der Waals surface area contributed by atoms with Crippen LogP contribution in [-0.4, -0.2) is 32.3 Å². The predicted molar refractivity (Wildman–Crippen MR) is 54.4 cm³/mol. The van der Waals surface area contributed by atoms with Gasteiger partial charge in [-0.15, -0.1) is 0 Å².